The minimum absolute atomic E-state index is 0.596. The third-order valence-corrected chi connectivity index (χ3v) is 2.76. The Bertz CT molecular complexity index is 517. The average molecular weight is 312 g/mol. The van der Waals surface area contributed by atoms with E-state index in [-0.39, 0.29) is 0 Å². The summed E-state index contributed by atoms with van der Waals surface area (Å²) in [4.78, 5) is 10.5. The summed E-state index contributed by atoms with van der Waals surface area (Å²) in [6, 6.07) is 12.2. The largest absolute Gasteiger partial charge is 0.457 e. The van der Waals surface area contributed by atoms with Crippen molar-refractivity contribution in [2.24, 2.45) is 0 Å². The molecule has 0 atom stereocenters. The summed E-state index contributed by atoms with van der Waals surface area (Å²) in [5.41, 5.74) is 0.615. The molecule has 0 N–H and O–H groups in total. The van der Waals surface area contributed by atoms with E-state index in [1.54, 1.807) is 36.4 Å². The van der Waals surface area contributed by atoms with Crippen molar-refractivity contribution in [1.29, 1.82) is 0 Å². The standard InChI is InChI=1S/C13H8BrClO2/c14-10-5-11(15)7-13(6-10)17-12-3-1-9(8-16)2-4-12/h1-8H. The Morgan fingerprint density at radius 1 is 1.06 bits per heavy atom. The van der Waals surface area contributed by atoms with Crippen molar-refractivity contribution in [3.05, 3.63) is 57.5 Å². The first-order valence-corrected chi connectivity index (χ1v) is 6.03. The molecule has 17 heavy (non-hydrogen) atoms. The van der Waals surface area contributed by atoms with Gasteiger partial charge in [-0.2, -0.15) is 0 Å². The number of carbonyl (C=O) groups excluding carboxylic acids is 1. The summed E-state index contributed by atoms with van der Waals surface area (Å²) in [5, 5.41) is 0.596. The van der Waals surface area contributed by atoms with Gasteiger partial charge < -0.3 is 4.74 Å². The molecule has 0 aromatic heterocycles. The van der Waals surface area contributed by atoms with Gasteiger partial charge in [0.05, 0.1) is 0 Å². The highest BCUT2D eigenvalue weighted by Gasteiger charge is 2.01. The first kappa shape index (κ1) is 12.1. The summed E-state index contributed by atoms with van der Waals surface area (Å²) in [6.07, 6.45) is 0.791. The Balaban J connectivity index is 2.21. The lowest BCUT2D eigenvalue weighted by Gasteiger charge is -2.06. The van der Waals surface area contributed by atoms with Gasteiger partial charge in [-0.1, -0.05) is 27.5 Å². The van der Waals surface area contributed by atoms with Crippen LogP contribution in [0.1, 0.15) is 10.4 Å². The van der Waals surface area contributed by atoms with E-state index in [4.69, 9.17) is 16.3 Å². The highest BCUT2D eigenvalue weighted by atomic mass is 79.9. The topological polar surface area (TPSA) is 26.3 Å². The Hall–Kier alpha value is -1.32. The molecule has 0 amide bonds. The van der Waals surface area contributed by atoms with Gasteiger partial charge >= 0.3 is 0 Å². The smallest absolute Gasteiger partial charge is 0.150 e. The van der Waals surface area contributed by atoms with Gasteiger partial charge in [0.15, 0.2) is 0 Å². The van der Waals surface area contributed by atoms with Gasteiger partial charge in [0, 0.05) is 15.1 Å². The predicted octanol–water partition coefficient (Wildman–Crippen LogP) is 4.71. The number of aldehydes is 1. The molecular formula is C13H8BrClO2. The maximum absolute atomic E-state index is 10.5. The Kier molecular flexibility index (Phi) is 3.82. The van der Waals surface area contributed by atoms with E-state index in [2.05, 4.69) is 15.9 Å². The summed E-state index contributed by atoms with van der Waals surface area (Å²) in [6.45, 7) is 0. The Morgan fingerprint density at radius 3 is 2.35 bits per heavy atom. The molecule has 0 saturated heterocycles. The van der Waals surface area contributed by atoms with Crippen molar-refractivity contribution in [3.63, 3.8) is 0 Å². The zero-order valence-corrected chi connectivity index (χ0v) is 11.0. The van der Waals surface area contributed by atoms with Crippen molar-refractivity contribution >= 4 is 33.8 Å². The third kappa shape index (κ3) is 3.32. The van der Waals surface area contributed by atoms with Crippen LogP contribution in [0.15, 0.2) is 46.9 Å². The van der Waals surface area contributed by atoms with Crippen molar-refractivity contribution in [2.75, 3.05) is 0 Å². The molecule has 0 aliphatic heterocycles. The summed E-state index contributed by atoms with van der Waals surface area (Å²) in [7, 11) is 0. The van der Waals surface area contributed by atoms with Crippen LogP contribution < -0.4 is 4.74 Å². The number of rotatable bonds is 3. The van der Waals surface area contributed by atoms with Gasteiger partial charge in [-0.05, 0) is 42.5 Å². The number of hydrogen-bond donors (Lipinski definition) is 0. The number of ether oxygens (including phenoxy) is 1. The molecule has 0 fully saturated rings. The molecule has 0 aliphatic rings. The van der Waals surface area contributed by atoms with Crippen LogP contribution in [0.5, 0.6) is 11.5 Å². The van der Waals surface area contributed by atoms with Crippen LogP contribution in [-0.2, 0) is 0 Å². The quantitative estimate of drug-likeness (QED) is 0.768. The average Bonchev–Trinajstić information content (AvgIpc) is 2.28. The van der Waals surface area contributed by atoms with E-state index in [0.29, 0.717) is 22.1 Å². The minimum atomic E-state index is 0.596. The fourth-order valence-electron chi connectivity index (χ4n) is 1.34. The predicted molar refractivity (Wildman–Crippen MR) is 71.1 cm³/mol. The fourth-order valence-corrected chi connectivity index (χ4v) is 2.17. The van der Waals surface area contributed by atoms with E-state index < -0.39 is 0 Å². The first-order valence-electron chi connectivity index (χ1n) is 4.86. The maximum Gasteiger partial charge on any atom is 0.150 e. The molecule has 0 aliphatic carbocycles. The van der Waals surface area contributed by atoms with Gasteiger partial charge in [-0.3, -0.25) is 4.79 Å². The zero-order chi connectivity index (χ0) is 12.3. The second-order valence-corrected chi connectivity index (χ2v) is 4.75. The molecular weight excluding hydrogens is 303 g/mol. The lowest BCUT2D eigenvalue weighted by atomic mass is 10.2. The fraction of sp³-hybridized carbons (Fsp3) is 0. The first-order chi connectivity index (χ1) is 8.17. The van der Waals surface area contributed by atoms with Crippen molar-refractivity contribution in [2.45, 2.75) is 0 Å². The van der Waals surface area contributed by atoms with Gasteiger partial charge in [0.2, 0.25) is 0 Å². The van der Waals surface area contributed by atoms with Crippen molar-refractivity contribution in [1.82, 2.24) is 0 Å². The minimum Gasteiger partial charge on any atom is -0.457 e. The van der Waals surface area contributed by atoms with E-state index in [1.165, 1.54) is 0 Å². The van der Waals surface area contributed by atoms with Gasteiger partial charge in [-0.15, -0.1) is 0 Å². The molecule has 0 spiro atoms. The SMILES string of the molecule is O=Cc1ccc(Oc2cc(Cl)cc(Br)c2)cc1. The Morgan fingerprint density at radius 2 is 1.76 bits per heavy atom. The summed E-state index contributed by atoms with van der Waals surface area (Å²) >= 11 is 9.25. The van der Waals surface area contributed by atoms with Crippen LogP contribution >= 0.6 is 27.5 Å². The molecule has 0 heterocycles. The zero-order valence-electron chi connectivity index (χ0n) is 8.69. The third-order valence-electron chi connectivity index (χ3n) is 2.09. The van der Waals surface area contributed by atoms with Gasteiger partial charge in [0.1, 0.15) is 17.8 Å². The maximum atomic E-state index is 10.5. The molecule has 2 rings (SSSR count). The van der Waals surface area contributed by atoms with Crippen LogP contribution in [-0.4, -0.2) is 6.29 Å². The van der Waals surface area contributed by atoms with E-state index >= 15 is 0 Å². The summed E-state index contributed by atoms with van der Waals surface area (Å²) < 4.78 is 6.46. The molecule has 0 saturated carbocycles. The van der Waals surface area contributed by atoms with E-state index in [9.17, 15) is 4.79 Å². The molecule has 4 heteroatoms. The molecule has 2 aromatic carbocycles. The number of benzene rings is 2. The van der Waals surface area contributed by atoms with Crippen molar-refractivity contribution in [3.8, 4) is 11.5 Å². The van der Waals surface area contributed by atoms with E-state index in [0.717, 1.165) is 10.8 Å². The van der Waals surface area contributed by atoms with Gasteiger partial charge in [0.25, 0.3) is 0 Å². The lowest BCUT2D eigenvalue weighted by Crippen LogP contribution is -1.85. The second kappa shape index (κ2) is 5.34. The number of carbonyl (C=O) groups is 1. The molecule has 0 unspecified atom stereocenters. The Labute approximate surface area is 112 Å². The van der Waals surface area contributed by atoms with Crippen LogP contribution in [0.4, 0.5) is 0 Å². The molecule has 0 bridgehead atoms. The van der Waals surface area contributed by atoms with Crippen LogP contribution in [0, 0.1) is 0 Å². The second-order valence-electron chi connectivity index (χ2n) is 3.39. The highest BCUT2D eigenvalue weighted by Crippen LogP contribution is 2.28. The molecule has 86 valence electrons. The van der Waals surface area contributed by atoms with Crippen LogP contribution in [0.3, 0.4) is 0 Å². The number of hydrogen-bond acceptors (Lipinski definition) is 2. The molecule has 2 aromatic rings. The summed E-state index contributed by atoms with van der Waals surface area (Å²) in [5.74, 6) is 1.30. The highest BCUT2D eigenvalue weighted by molar-refractivity contribution is 9.10. The van der Waals surface area contributed by atoms with Gasteiger partial charge in [-0.25, -0.2) is 0 Å². The monoisotopic (exact) mass is 310 g/mol. The van der Waals surface area contributed by atoms with Crippen LogP contribution in [0.2, 0.25) is 5.02 Å². The van der Waals surface area contributed by atoms with E-state index in [1.807, 2.05) is 6.07 Å². The van der Waals surface area contributed by atoms with Crippen molar-refractivity contribution < 1.29 is 9.53 Å². The normalized spacial score (nSPS) is 10.0. The van der Waals surface area contributed by atoms with Crippen LogP contribution in [0.25, 0.3) is 0 Å². The molecule has 2 nitrogen and oxygen atoms in total. The molecule has 0 radical (unpaired) electrons. The lowest BCUT2D eigenvalue weighted by molar-refractivity contribution is 0.112. The number of halogens is 2.